The van der Waals surface area contributed by atoms with Gasteiger partial charge in [-0.3, -0.25) is 4.90 Å². The molecular weight excluding hydrogens is 384 g/mol. The van der Waals surface area contributed by atoms with Gasteiger partial charge in [0.2, 0.25) is 15.0 Å². The Hall–Kier alpha value is -1.29. The average Bonchev–Trinajstić information content (AvgIpc) is 3.05. The van der Waals surface area contributed by atoms with Crippen molar-refractivity contribution < 1.29 is 13.2 Å². The van der Waals surface area contributed by atoms with Crippen LogP contribution in [0.25, 0.3) is 0 Å². The van der Waals surface area contributed by atoms with Gasteiger partial charge in [0.05, 0.1) is 36.8 Å². The number of nitrogens with zero attached hydrogens (tertiary/aromatic N) is 4. The minimum absolute atomic E-state index is 0.0668. The fraction of sp³-hybridized carbons (Fsp3) is 0.667. The number of sulfone groups is 1. The molecule has 0 bridgehead atoms. The van der Waals surface area contributed by atoms with Crippen LogP contribution in [0.5, 0.6) is 0 Å². The Bertz CT molecular complexity index is 853. The molecule has 2 aromatic rings. The highest BCUT2D eigenvalue weighted by Crippen LogP contribution is 2.32. The molecule has 1 aliphatic carbocycles. The van der Waals surface area contributed by atoms with E-state index in [1.807, 2.05) is 17.0 Å². The monoisotopic (exact) mass is 410 g/mol. The van der Waals surface area contributed by atoms with Crippen molar-refractivity contribution in [3.8, 4) is 0 Å². The lowest BCUT2D eigenvalue weighted by molar-refractivity contribution is 0.0934. The van der Waals surface area contributed by atoms with E-state index in [0.717, 1.165) is 49.5 Å². The summed E-state index contributed by atoms with van der Waals surface area (Å²) < 4.78 is 33.4. The third-order valence-electron chi connectivity index (χ3n) is 5.06. The molecular formula is C18H26N4O3S2. The van der Waals surface area contributed by atoms with Gasteiger partial charge in [0.15, 0.2) is 0 Å². The predicted octanol–water partition coefficient (Wildman–Crippen LogP) is 2.33. The van der Waals surface area contributed by atoms with Crippen molar-refractivity contribution in [2.24, 2.45) is 5.92 Å². The first-order valence-corrected chi connectivity index (χ1v) is 12.0. The number of hydrogen-bond donors (Lipinski definition) is 0. The lowest BCUT2D eigenvalue weighted by Gasteiger charge is -2.19. The van der Waals surface area contributed by atoms with Crippen molar-refractivity contribution in [3.63, 3.8) is 0 Å². The Balaban J connectivity index is 1.55. The third-order valence-corrected chi connectivity index (χ3v) is 7.62. The molecule has 0 spiro atoms. The summed E-state index contributed by atoms with van der Waals surface area (Å²) in [6.07, 6.45) is 7.60. The second-order valence-electron chi connectivity index (χ2n) is 7.60. The Kier molecular flexibility index (Phi) is 5.63. The predicted molar refractivity (Wildman–Crippen MR) is 103 cm³/mol. The number of hydrogen-bond acceptors (Lipinski definition) is 7. The highest BCUT2D eigenvalue weighted by molar-refractivity contribution is 7.91. The summed E-state index contributed by atoms with van der Waals surface area (Å²) in [6.45, 7) is 2.66. The van der Waals surface area contributed by atoms with E-state index in [4.69, 9.17) is 4.74 Å². The van der Waals surface area contributed by atoms with Crippen LogP contribution in [0.1, 0.15) is 36.4 Å². The molecule has 1 saturated heterocycles. The zero-order valence-corrected chi connectivity index (χ0v) is 17.2. The Morgan fingerprint density at radius 3 is 2.81 bits per heavy atom. The van der Waals surface area contributed by atoms with Crippen LogP contribution in [-0.4, -0.2) is 53.4 Å². The largest absolute Gasteiger partial charge is 0.376 e. The maximum absolute atomic E-state index is 12.9. The second kappa shape index (κ2) is 7.98. The maximum atomic E-state index is 12.9. The lowest BCUT2D eigenvalue weighted by Crippen LogP contribution is -2.25. The van der Waals surface area contributed by atoms with E-state index in [9.17, 15) is 8.42 Å². The van der Waals surface area contributed by atoms with Crippen molar-refractivity contribution >= 4 is 21.2 Å². The molecule has 2 aromatic heterocycles. The highest BCUT2D eigenvalue weighted by atomic mass is 32.2. The van der Waals surface area contributed by atoms with Gasteiger partial charge in [-0.1, -0.05) is 0 Å². The van der Waals surface area contributed by atoms with Crippen molar-refractivity contribution in [1.82, 2.24) is 19.4 Å². The first-order valence-electron chi connectivity index (χ1n) is 9.47. The lowest BCUT2D eigenvalue weighted by atomic mass is 10.2. The second-order valence-corrected chi connectivity index (χ2v) is 10.5. The Labute approximate surface area is 164 Å². The first kappa shape index (κ1) is 19.0. The van der Waals surface area contributed by atoms with Gasteiger partial charge in [0.25, 0.3) is 0 Å². The molecule has 7 nitrogen and oxygen atoms in total. The molecule has 27 heavy (non-hydrogen) atoms. The van der Waals surface area contributed by atoms with Crippen LogP contribution >= 0.6 is 11.3 Å². The van der Waals surface area contributed by atoms with Crippen molar-refractivity contribution in [2.45, 2.75) is 56.6 Å². The van der Waals surface area contributed by atoms with Crippen LogP contribution in [0.3, 0.4) is 0 Å². The van der Waals surface area contributed by atoms with Gasteiger partial charge >= 0.3 is 0 Å². The minimum atomic E-state index is -3.37. The third kappa shape index (κ3) is 4.77. The fourth-order valence-electron chi connectivity index (χ4n) is 3.52. The summed E-state index contributed by atoms with van der Waals surface area (Å²) in [6, 6.07) is 0. The molecule has 3 heterocycles. The number of rotatable bonds is 9. The van der Waals surface area contributed by atoms with Crippen LogP contribution in [-0.2, 0) is 34.2 Å². The average molecular weight is 411 g/mol. The van der Waals surface area contributed by atoms with Gasteiger partial charge in [0, 0.05) is 24.7 Å². The molecule has 2 aliphatic rings. The smallest absolute Gasteiger partial charge is 0.227 e. The van der Waals surface area contributed by atoms with Gasteiger partial charge in [-0.25, -0.2) is 18.4 Å². The molecule has 1 atom stereocenters. The summed E-state index contributed by atoms with van der Waals surface area (Å²) in [5, 5.41) is 3.22. The summed E-state index contributed by atoms with van der Waals surface area (Å²) >= 11 is 1.62. The first-order chi connectivity index (χ1) is 13.0. The van der Waals surface area contributed by atoms with Crippen molar-refractivity contribution in [1.29, 1.82) is 0 Å². The summed E-state index contributed by atoms with van der Waals surface area (Å²) in [5.74, 6) is 0.517. The summed E-state index contributed by atoms with van der Waals surface area (Å²) in [7, 11) is -1.35. The molecule has 1 aliphatic heterocycles. The van der Waals surface area contributed by atoms with Crippen molar-refractivity contribution in [3.05, 3.63) is 28.5 Å². The quantitative estimate of drug-likeness (QED) is 0.631. The van der Waals surface area contributed by atoms with E-state index in [2.05, 4.69) is 14.9 Å². The normalized spacial score (nSPS) is 20.6. The van der Waals surface area contributed by atoms with Crippen LogP contribution in [0.2, 0.25) is 0 Å². The van der Waals surface area contributed by atoms with Crippen LogP contribution in [0.4, 0.5) is 0 Å². The maximum Gasteiger partial charge on any atom is 0.227 e. The zero-order valence-electron chi connectivity index (χ0n) is 15.6. The molecule has 4 rings (SSSR count). The van der Waals surface area contributed by atoms with Gasteiger partial charge in [-0.05, 0) is 38.6 Å². The van der Waals surface area contributed by atoms with E-state index < -0.39 is 9.84 Å². The van der Waals surface area contributed by atoms with Gasteiger partial charge < -0.3 is 9.30 Å². The standard InChI is InChI=1S/C18H26N4O3S2/c1-21(12-17-19-6-8-26-17)10-15-9-20-18(27(23,24)13-14-4-5-14)22(15)11-16-3-2-7-25-16/h6,8-9,14,16H,2-5,7,10-13H2,1H3/t16-/m0/s1. The SMILES string of the molecule is CN(Cc1nccs1)Cc1cnc(S(=O)(=O)CC2CC2)n1C[C@@H]1CCCO1. The molecule has 0 aromatic carbocycles. The number of ether oxygens (including phenoxy) is 1. The van der Waals surface area contributed by atoms with Gasteiger partial charge in [0.1, 0.15) is 5.01 Å². The van der Waals surface area contributed by atoms with E-state index in [-0.39, 0.29) is 17.0 Å². The van der Waals surface area contributed by atoms with E-state index in [1.165, 1.54) is 0 Å². The highest BCUT2D eigenvalue weighted by Gasteiger charge is 2.33. The van der Waals surface area contributed by atoms with Gasteiger partial charge in [-0.2, -0.15) is 0 Å². The molecule has 0 amide bonds. The molecule has 2 fully saturated rings. The van der Waals surface area contributed by atoms with E-state index >= 15 is 0 Å². The molecule has 9 heteroatoms. The number of thiazole rings is 1. The number of aromatic nitrogens is 3. The molecule has 1 saturated carbocycles. The van der Waals surface area contributed by atoms with Crippen molar-refractivity contribution in [2.75, 3.05) is 19.4 Å². The van der Waals surface area contributed by atoms with E-state index in [1.54, 1.807) is 23.7 Å². The van der Waals surface area contributed by atoms with Crippen LogP contribution < -0.4 is 0 Å². The van der Waals surface area contributed by atoms with Gasteiger partial charge in [-0.15, -0.1) is 11.3 Å². The number of imidazole rings is 1. The van der Waals surface area contributed by atoms with Crippen LogP contribution in [0, 0.1) is 5.92 Å². The van der Waals surface area contributed by atoms with E-state index in [0.29, 0.717) is 19.0 Å². The Morgan fingerprint density at radius 2 is 2.15 bits per heavy atom. The fourth-order valence-corrected chi connectivity index (χ4v) is 6.06. The molecule has 0 unspecified atom stereocenters. The molecule has 148 valence electrons. The van der Waals surface area contributed by atoms with Crippen LogP contribution in [0.15, 0.2) is 22.9 Å². The molecule has 0 radical (unpaired) electrons. The Morgan fingerprint density at radius 1 is 1.30 bits per heavy atom. The molecule has 0 N–H and O–H groups in total. The summed E-state index contributed by atoms with van der Waals surface area (Å²) in [5.41, 5.74) is 0.916. The topological polar surface area (TPSA) is 77.3 Å². The zero-order chi connectivity index (χ0) is 18.9. The minimum Gasteiger partial charge on any atom is -0.376 e. The summed E-state index contributed by atoms with van der Waals surface area (Å²) in [4.78, 5) is 10.8.